The van der Waals surface area contributed by atoms with Gasteiger partial charge in [0.2, 0.25) is 11.8 Å². The van der Waals surface area contributed by atoms with Crippen LogP contribution < -0.4 is 4.90 Å². The van der Waals surface area contributed by atoms with E-state index in [1.54, 1.807) is 48.5 Å². The van der Waals surface area contributed by atoms with Crippen molar-refractivity contribution < 1.29 is 23.9 Å². The lowest BCUT2D eigenvalue weighted by atomic mass is 9.73. The lowest BCUT2D eigenvalue weighted by molar-refractivity contribution is -0.122. The third-order valence-electron chi connectivity index (χ3n) is 6.97. The van der Waals surface area contributed by atoms with Gasteiger partial charge in [-0.15, -0.1) is 0 Å². The molecule has 1 saturated carbocycles. The van der Waals surface area contributed by atoms with Gasteiger partial charge in [-0.3, -0.25) is 19.3 Å². The average molecular weight is 468 g/mol. The second-order valence-corrected chi connectivity index (χ2v) is 9.06. The molecular formula is C29H25NO5. The summed E-state index contributed by atoms with van der Waals surface area (Å²) in [6.07, 6.45) is 2.16. The number of Topliss-reactive ketones (excluding diaryl/α,β-unsaturated/α-hetero) is 1. The second-order valence-electron chi connectivity index (χ2n) is 9.06. The third-order valence-corrected chi connectivity index (χ3v) is 6.97. The predicted molar refractivity (Wildman–Crippen MR) is 130 cm³/mol. The first-order valence-electron chi connectivity index (χ1n) is 11.8. The van der Waals surface area contributed by atoms with Crippen molar-refractivity contribution in [2.45, 2.75) is 25.2 Å². The zero-order valence-corrected chi connectivity index (χ0v) is 19.1. The van der Waals surface area contributed by atoms with Gasteiger partial charge in [-0.05, 0) is 48.9 Å². The van der Waals surface area contributed by atoms with Crippen molar-refractivity contribution in [1.29, 1.82) is 0 Å². The van der Waals surface area contributed by atoms with Gasteiger partial charge in [0.25, 0.3) is 0 Å². The van der Waals surface area contributed by atoms with Gasteiger partial charge in [-0.25, -0.2) is 4.79 Å². The van der Waals surface area contributed by atoms with Gasteiger partial charge in [-0.2, -0.15) is 0 Å². The van der Waals surface area contributed by atoms with Crippen LogP contribution in [0.15, 0.2) is 84.9 Å². The number of fused-ring (bicyclic) bond motifs is 1. The molecule has 2 fully saturated rings. The van der Waals surface area contributed by atoms with Gasteiger partial charge in [0.05, 0.1) is 23.1 Å². The minimum absolute atomic E-state index is 0.181. The minimum Gasteiger partial charge on any atom is -0.454 e. The molecule has 1 heterocycles. The van der Waals surface area contributed by atoms with Crippen molar-refractivity contribution in [3.63, 3.8) is 0 Å². The summed E-state index contributed by atoms with van der Waals surface area (Å²) in [4.78, 5) is 52.6. The monoisotopic (exact) mass is 467 g/mol. The van der Waals surface area contributed by atoms with Gasteiger partial charge in [0.1, 0.15) is 0 Å². The van der Waals surface area contributed by atoms with E-state index in [2.05, 4.69) is 12.1 Å². The lowest BCUT2D eigenvalue weighted by Gasteiger charge is -2.28. The average Bonchev–Trinajstić information content (AvgIpc) is 3.17. The number of rotatable bonds is 6. The molecule has 0 spiro atoms. The summed E-state index contributed by atoms with van der Waals surface area (Å²) in [5.41, 5.74) is 2.19. The maximum Gasteiger partial charge on any atom is 0.338 e. The second kappa shape index (κ2) is 9.66. The number of carbonyl (C=O) groups excluding carboxylic acids is 4. The van der Waals surface area contributed by atoms with Crippen molar-refractivity contribution in [1.82, 2.24) is 0 Å². The summed E-state index contributed by atoms with van der Waals surface area (Å²) in [5, 5.41) is 0. The summed E-state index contributed by atoms with van der Waals surface area (Å²) < 4.78 is 5.20. The molecule has 2 aliphatic rings. The number of ketones is 1. The van der Waals surface area contributed by atoms with Crippen LogP contribution in [-0.4, -0.2) is 30.2 Å². The minimum atomic E-state index is -0.684. The van der Waals surface area contributed by atoms with Gasteiger partial charge in [-0.1, -0.05) is 66.7 Å². The number of ether oxygens (including phenoxy) is 1. The summed E-state index contributed by atoms with van der Waals surface area (Å²) in [6.45, 7) is -0.389. The Labute approximate surface area is 203 Å². The summed E-state index contributed by atoms with van der Waals surface area (Å²) in [7, 11) is 0. The van der Waals surface area contributed by atoms with Gasteiger partial charge in [0.15, 0.2) is 12.4 Å². The van der Waals surface area contributed by atoms with E-state index in [0.717, 1.165) is 6.42 Å². The van der Waals surface area contributed by atoms with Crippen LogP contribution >= 0.6 is 0 Å². The summed E-state index contributed by atoms with van der Waals surface area (Å²) in [6, 6.07) is 25.0. The highest BCUT2D eigenvalue weighted by Gasteiger charge is 2.50. The molecule has 35 heavy (non-hydrogen) atoms. The molecular weight excluding hydrogens is 442 g/mol. The first kappa shape index (κ1) is 22.7. The Bertz CT molecular complexity index is 1270. The molecule has 1 saturated heterocycles. The topological polar surface area (TPSA) is 80.8 Å². The van der Waals surface area contributed by atoms with E-state index in [0.29, 0.717) is 24.1 Å². The van der Waals surface area contributed by atoms with Crippen LogP contribution in [0, 0.1) is 11.8 Å². The molecule has 1 aliphatic heterocycles. The summed E-state index contributed by atoms with van der Waals surface area (Å²) in [5.74, 6) is -1.87. The SMILES string of the molecule is O=C(COC(=O)c1cccc(N2C(=O)[C@H]3C[C@H](c4ccccc4)CC[C@H]3C2=O)c1)c1ccccc1. The Kier molecular flexibility index (Phi) is 6.27. The number of hydrogen-bond acceptors (Lipinski definition) is 5. The van der Waals surface area contributed by atoms with E-state index in [-0.39, 0.29) is 47.5 Å². The van der Waals surface area contributed by atoms with Gasteiger partial charge >= 0.3 is 5.97 Å². The van der Waals surface area contributed by atoms with Gasteiger partial charge < -0.3 is 4.74 Å². The molecule has 6 heteroatoms. The summed E-state index contributed by atoms with van der Waals surface area (Å²) >= 11 is 0. The number of nitrogens with zero attached hydrogens (tertiary/aromatic N) is 1. The van der Waals surface area contributed by atoms with Crippen molar-refractivity contribution in [2.75, 3.05) is 11.5 Å². The van der Waals surface area contributed by atoms with E-state index in [9.17, 15) is 19.2 Å². The molecule has 3 aromatic carbocycles. The number of esters is 1. The smallest absolute Gasteiger partial charge is 0.338 e. The van der Waals surface area contributed by atoms with Crippen molar-refractivity contribution in [3.8, 4) is 0 Å². The molecule has 6 nitrogen and oxygen atoms in total. The van der Waals surface area contributed by atoms with Crippen LogP contribution in [0.1, 0.15) is 51.5 Å². The Balaban J connectivity index is 1.29. The van der Waals surface area contributed by atoms with Crippen LogP contribution in [0.4, 0.5) is 5.69 Å². The number of hydrogen-bond donors (Lipinski definition) is 0. The van der Waals surface area contributed by atoms with E-state index < -0.39 is 5.97 Å². The molecule has 176 valence electrons. The fourth-order valence-corrected chi connectivity index (χ4v) is 5.16. The molecule has 2 amide bonds. The maximum absolute atomic E-state index is 13.3. The predicted octanol–water partition coefficient (Wildman–Crippen LogP) is 4.80. The van der Waals surface area contributed by atoms with Crippen LogP contribution in [-0.2, 0) is 14.3 Å². The highest BCUT2D eigenvalue weighted by atomic mass is 16.5. The maximum atomic E-state index is 13.3. The van der Waals surface area contributed by atoms with Gasteiger partial charge in [0, 0.05) is 5.56 Å². The van der Waals surface area contributed by atoms with Crippen molar-refractivity contribution in [3.05, 3.63) is 102 Å². The Hall–Kier alpha value is -4.06. The number of imide groups is 1. The highest BCUT2D eigenvalue weighted by Crippen LogP contribution is 2.45. The van der Waals surface area contributed by atoms with Crippen molar-refractivity contribution >= 4 is 29.3 Å². The highest BCUT2D eigenvalue weighted by molar-refractivity contribution is 6.22. The first-order chi connectivity index (χ1) is 17.0. The number of benzene rings is 3. The van der Waals surface area contributed by atoms with Crippen LogP contribution in [0.5, 0.6) is 0 Å². The standard InChI is InChI=1S/C29H25NO5/c31-26(20-10-5-2-6-11-20)18-35-29(34)22-12-7-13-23(16-22)30-27(32)24-15-14-21(17-25(24)28(30)33)19-8-3-1-4-9-19/h1-13,16,21,24-25H,14-15,17-18H2/t21-,24-,25+/m1/s1. The van der Waals surface area contributed by atoms with E-state index in [1.165, 1.54) is 16.5 Å². The zero-order valence-electron chi connectivity index (χ0n) is 19.1. The number of carbonyl (C=O) groups is 4. The van der Waals surface area contributed by atoms with E-state index >= 15 is 0 Å². The molecule has 0 unspecified atom stereocenters. The molecule has 0 aromatic heterocycles. The Morgan fingerprint density at radius 1 is 0.771 bits per heavy atom. The molecule has 3 aromatic rings. The van der Waals surface area contributed by atoms with E-state index in [1.807, 2.05) is 18.2 Å². The quantitative estimate of drug-likeness (QED) is 0.296. The van der Waals surface area contributed by atoms with Crippen molar-refractivity contribution in [2.24, 2.45) is 11.8 Å². The third kappa shape index (κ3) is 4.52. The molecule has 0 bridgehead atoms. The Morgan fingerprint density at radius 2 is 1.43 bits per heavy atom. The fraction of sp³-hybridized carbons (Fsp3) is 0.241. The number of anilines is 1. The first-order valence-corrected chi connectivity index (χ1v) is 11.8. The Morgan fingerprint density at radius 3 is 2.17 bits per heavy atom. The fourth-order valence-electron chi connectivity index (χ4n) is 5.16. The largest absolute Gasteiger partial charge is 0.454 e. The molecule has 0 N–H and O–H groups in total. The molecule has 1 aliphatic carbocycles. The van der Waals surface area contributed by atoms with E-state index in [4.69, 9.17) is 4.74 Å². The number of amides is 2. The normalized spacial score (nSPS) is 21.5. The lowest BCUT2D eigenvalue weighted by Crippen LogP contribution is -2.31. The van der Waals surface area contributed by atoms with Crippen LogP contribution in [0.2, 0.25) is 0 Å². The zero-order chi connectivity index (χ0) is 24.4. The van der Waals surface area contributed by atoms with Crippen LogP contribution in [0.3, 0.4) is 0 Å². The molecule has 3 atom stereocenters. The molecule has 5 rings (SSSR count). The van der Waals surface area contributed by atoms with Crippen LogP contribution in [0.25, 0.3) is 0 Å². The molecule has 0 radical (unpaired) electrons.